The molecular weight excluding hydrogens is 267 g/mol. The number of piperidine rings is 1. The monoisotopic (exact) mass is 286 g/mol. The van der Waals surface area contributed by atoms with Gasteiger partial charge in [0.25, 0.3) is 0 Å². The van der Waals surface area contributed by atoms with E-state index in [1.807, 2.05) is 6.92 Å². The molecule has 0 aromatic heterocycles. The Morgan fingerprint density at radius 2 is 2.16 bits per heavy atom. The molecule has 1 heterocycles. The highest BCUT2D eigenvalue weighted by Gasteiger charge is 2.26. The summed E-state index contributed by atoms with van der Waals surface area (Å²) >= 11 is 0. The van der Waals surface area contributed by atoms with Crippen LogP contribution in [0.15, 0.2) is 24.3 Å². The summed E-state index contributed by atoms with van der Waals surface area (Å²) < 4.78 is 40.3. The van der Waals surface area contributed by atoms with Crippen molar-refractivity contribution in [1.82, 2.24) is 10.0 Å². The van der Waals surface area contributed by atoms with E-state index >= 15 is 0 Å². The number of hydrogen-bond donors (Lipinski definition) is 2. The van der Waals surface area contributed by atoms with Crippen molar-refractivity contribution in [2.24, 2.45) is 5.92 Å². The number of nitrogens with one attached hydrogen (secondary N) is 2. The minimum absolute atomic E-state index is 0.0713. The Hall–Kier alpha value is -0.980. The molecular formula is C13H19FN2O2S. The van der Waals surface area contributed by atoms with Crippen LogP contribution < -0.4 is 10.0 Å². The number of hydrogen-bond acceptors (Lipinski definition) is 3. The van der Waals surface area contributed by atoms with E-state index in [4.69, 9.17) is 0 Å². The van der Waals surface area contributed by atoms with Gasteiger partial charge in [0.2, 0.25) is 10.0 Å². The molecule has 1 saturated heterocycles. The molecule has 2 unspecified atom stereocenters. The van der Waals surface area contributed by atoms with Crippen LogP contribution >= 0.6 is 0 Å². The van der Waals surface area contributed by atoms with Gasteiger partial charge < -0.3 is 5.32 Å². The highest BCUT2D eigenvalue weighted by molar-refractivity contribution is 7.88. The van der Waals surface area contributed by atoms with Crippen molar-refractivity contribution in [2.45, 2.75) is 25.1 Å². The van der Waals surface area contributed by atoms with Crippen LogP contribution in [0.25, 0.3) is 0 Å². The largest absolute Gasteiger partial charge is 0.316 e. The van der Waals surface area contributed by atoms with E-state index < -0.39 is 15.8 Å². The summed E-state index contributed by atoms with van der Waals surface area (Å²) in [6.07, 6.45) is 0.762. The molecule has 1 aliphatic heterocycles. The van der Waals surface area contributed by atoms with Gasteiger partial charge in [-0.3, -0.25) is 0 Å². The normalized spacial score (nSPS) is 24.3. The molecule has 1 aromatic rings. The van der Waals surface area contributed by atoms with Gasteiger partial charge in [0.15, 0.2) is 0 Å². The van der Waals surface area contributed by atoms with Gasteiger partial charge in [-0.1, -0.05) is 25.1 Å². The van der Waals surface area contributed by atoms with E-state index in [-0.39, 0.29) is 23.3 Å². The van der Waals surface area contributed by atoms with Crippen LogP contribution in [0.5, 0.6) is 0 Å². The first kappa shape index (κ1) is 14.4. The van der Waals surface area contributed by atoms with E-state index in [2.05, 4.69) is 10.0 Å². The maximum Gasteiger partial charge on any atom is 0.216 e. The van der Waals surface area contributed by atoms with E-state index in [1.165, 1.54) is 12.1 Å². The van der Waals surface area contributed by atoms with Gasteiger partial charge in [-0.15, -0.1) is 0 Å². The molecule has 1 fully saturated rings. The molecule has 106 valence electrons. The lowest BCUT2D eigenvalue weighted by atomic mass is 9.97. The number of benzene rings is 1. The number of sulfonamides is 1. The topological polar surface area (TPSA) is 58.2 Å². The van der Waals surface area contributed by atoms with Crippen LogP contribution in [0.2, 0.25) is 0 Å². The van der Waals surface area contributed by atoms with Gasteiger partial charge in [0.1, 0.15) is 5.82 Å². The predicted molar refractivity (Wildman–Crippen MR) is 72.6 cm³/mol. The molecule has 0 amide bonds. The van der Waals surface area contributed by atoms with Crippen molar-refractivity contribution < 1.29 is 12.8 Å². The average Bonchev–Trinajstić information content (AvgIpc) is 2.35. The quantitative estimate of drug-likeness (QED) is 0.875. The Bertz CT molecular complexity index is 533. The molecule has 0 aliphatic carbocycles. The molecule has 6 heteroatoms. The molecule has 0 saturated carbocycles. The first-order valence-corrected chi connectivity index (χ1v) is 8.07. The zero-order chi connectivity index (χ0) is 13.9. The molecule has 0 radical (unpaired) electrons. The van der Waals surface area contributed by atoms with Crippen LogP contribution in [0, 0.1) is 11.7 Å². The van der Waals surface area contributed by atoms with Crippen LogP contribution in [0.1, 0.15) is 18.9 Å². The van der Waals surface area contributed by atoms with Gasteiger partial charge in [0, 0.05) is 11.6 Å². The van der Waals surface area contributed by atoms with Gasteiger partial charge in [-0.2, -0.15) is 0 Å². The first-order chi connectivity index (χ1) is 8.98. The van der Waals surface area contributed by atoms with E-state index in [0.717, 1.165) is 19.5 Å². The van der Waals surface area contributed by atoms with E-state index in [9.17, 15) is 12.8 Å². The third kappa shape index (κ3) is 3.99. The second kappa shape index (κ2) is 5.98. The molecule has 2 rings (SSSR count). The van der Waals surface area contributed by atoms with Crippen LogP contribution in [0.3, 0.4) is 0 Å². The van der Waals surface area contributed by atoms with Crippen molar-refractivity contribution in [1.29, 1.82) is 0 Å². The first-order valence-electron chi connectivity index (χ1n) is 6.42. The zero-order valence-corrected chi connectivity index (χ0v) is 11.7. The standard InChI is InChI=1S/C13H19FN2O2S/c1-10-8-15-7-6-13(10)16-19(17,18)9-11-4-2-3-5-12(11)14/h2-5,10,13,15-16H,6-9H2,1H3. The Balaban J connectivity index is 2.04. The third-order valence-corrected chi connectivity index (χ3v) is 4.77. The summed E-state index contributed by atoms with van der Waals surface area (Å²) in [5.74, 6) is -0.550. The minimum Gasteiger partial charge on any atom is -0.316 e. The molecule has 2 atom stereocenters. The Morgan fingerprint density at radius 3 is 2.84 bits per heavy atom. The number of halogens is 1. The lowest BCUT2D eigenvalue weighted by molar-refractivity contribution is 0.328. The SMILES string of the molecule is CC1CNCCC1NS(=O)(=O)Cc1ccccc1F. The second-order valence-corrected chi connectivity index (χ2v) is 6.80. The zero-order valence-electron chi connectivity index (χ0n) is 10.9. The average molecular weight is 286 g/mol. The third-order valence-electron chi connectivity index (χ3n) is 3.42. The number of rotatable bonds is 4. The Labute approximate surface area is 113 Å². The summed E-state index contributed by atoms with van der Waals surface area (Å²) in [5.41, 5.74) is 0.205. The smallest absolute Gasteiger partial charge is 0.216 e. The molecule has 1 aromatic carbocycles. The van der Waals surface area contributed by atoms with Crippen LogP contribution in [-0.2, 0) is 15.8 Å². The summed E-state index contributed by atoms with van der Waals surface area (Å²) in [6.45, 7) is 3.60. The molecule has 0 spiro atoms. The van der Waals surface area contributed by atoms with Crippen molar-refractivity contribution >= 4 is 10.0 Å². The molecule has 1 aliphatic rings. The second-order valence-electron chi connectivity index (χ2n) is 5.04. The fourth-order valence-electron chi connectivity index (χ4n) is 2.28. The van der Waals surface area contributed by atoms with Crippen molar-refractivity contribution in [3.63, 3.8) is 0 Å². The van der Waals surface area contributed by atoms with Crippen molar-refractivity contribution in [2.75, 3.05) is 13.1 Å². The highest BCUT2D eigenvalue weighted by Crippen LogP contribution is 2.14. The summed E-state index contributed by atoms with van der Waals surface area (Å²) in [6, 6.07) is 5.89. The fourth-order valence-corrected chi connectivity index (χ4v) is 3.82. The molecule has 2 N–H and O–H groups in total. The summed E-state index contributed by atoms with van der Waals surface area (Å²) in [4.78, 5) is 0. The van der Waals surface area contributed by atoms with Crippen molar-refractivity contribution in [3.8, 4) is 0 Å². The van der Waals surface area contributed by atoms with Crippen LogP contribution in [0.4, 0.5) is 4.39 Å². The van der Waals surface area contributed by atoms with Crippen LogP contribution in [-0.4, -0.2) is 27.5 Å². The van der Waals surface area contributed by atoms with Gasteiger partial charge in [-0.05, 0) is 31.5 Å². The molecule has 4 nitrogen and oxygen atoms in total. The fraction of sp³-hybridized carbons (Fsp3) is 0.538. The summed E-state index contributed by atoms with van der Waals surface area (Å²) in [5, 5.41) is 3.21. The Morgan fingerprint density at radius 1 is 1.42 bits per heavy atom. The molecule has 0 bridgehead atoms. The maximum absolute atomic E-state index is 13.5. The molecule has 19 heavy (non-hydrogen) atoms. The lowest BCUT2D eigenvalue weighted by Gasteiger charge is -2.29. The van der Waals surface area contributed by atoms with Gasteiger partial charge in [0.05, 0.1) is 5.75 Å². The maximum atomic E-state index is 13.5. The lowest BCUT2D eigenvalue weighted by Crippen LogP contribution is -2.48. The van der Waals surface area contributed by atoms with Crippen molar-refractivity contribution in [3.05, 3.63) is 35.6 Å². The van der Waals surface area contributed by atoms with Gasteiger partial charge in [-0.25, -0.2) is 17.5 Å². The summed E-state index contributed by atoms with van der Waals surface area (Å²) in [7, 11) is -3.51. The minimum atomic E-state index is -3.51. The highest BCUT2D eigenvalue weighted by atomic mass is 32.2. The Kier molecular flexibility index (Phi) is 4.54. The van der Waals surface area contributed by atoms with E-state index in [1.54, 1.807) is 12.1 Å². The van der Waals surface area contributed by atoms with Gasteiger partial charge >= 0.3 is 0 Å². The van der Waals surface area contributed by atoms with E-state index in [0.29, 0.717) is 0 Å². The predicted octanol–water partition coefficient (Wildman–Crippen LogP) is 1.24.